The van der Waals surface area contributed by atoms with Gasteiger partial charge in [-0.05, 0) is 49.2 Å². The molecule has 3 heterocycles. The van der Waals surface area contributed by atoms with Gasteiger partial charge in [0.25, 0.3) is 0 Å². The normalized spacial score (nSPS) is 21.1. The molecule has 2 bridgehead atoms. The van der Waals surface area contributed by atoms with Gasteiger partial charge < -0.3 is 9.73 Å². The second-order valence-corrected chi connectivity index (χ2v) is 9.27. The lowest BCUT2D eigenvalue weighted by molar-refractivity contribution is -0.137. The summed E-state index contributed by atoms with van der Waals surface area (Å²) in [6, 6.07) is 8.82. The van der Waals surface area contributed by atoms with E-state index >= 15 is 0 Å². The third-order valence-corrected chi connectivity index (χ3v) is 7.33. The van der Waals surface area contributed by atoms with Crippen molar-refractivity contribution in [3.8, 4) is 0 Å². The zero-order valence-electron chi connectivity index (χ0n) is 15.0. The largest absolute Gasteiger partial charge is 0.461 e. The highest BCUT2D eigenvalue weighted by Crippen LogP contribution is 2.42. The maximum atomic E-state index is 13.0. The Bertz CT molecular complexity index is 1200. The van der Waals surface area contributed by atoms with Gasteiger partial charge in [0.2, 0.25) is 9.84 Å². The van der Waals surface area contributed by atoms with Gasteiger partial charge in [-0.1, -0.05) is 6.07 Å². The average Bonchev–Trinajstić information content (AvgIpc) is 3.21. The fraction of sp³-hybridized carbons (Fsp3) is 0.300. The van der Waals surface area contributed by atoms with Crippen LogP contribution in [-0.2, 0) is 22.4 Å². The second-order valence-electron chi connectivity index (χ2n) is 7.32. The van der Waals surface area contributed by atoms with E-state index in [0.717, 1.165) is 42.7 Å². The van der Waals surface area contributed by atoms with Crippen LogP contribution in [0.3, 0.4) is 0 Å². The second kappa shape index (κ2) is 6.75. The first-order valence-electron chi connectivity index (χ1n) is 8.97. The fourth-order valence-electron chi connectivity index (χ4n) is 4.25. The molecule has 0 aliphatic carbocycles. The quantitative estimate of drug-likeness (QED) is 0.601. The Hall–Kier alpha value is -2.03. The summed E-state index contributed by atoms with van der Waals surface area (Å²) in [5, 5.41) is 4.21. The molecule has 2 aliphatic heterocycles. The van der Waals surface area contributed by atoms with Crippen LogP contribution in [0.1, 0.15) is 35.8 Å². The summed E-state index contributed by atoms with van der Waals surface area (Å²) < 4.78 is 70.9. The number of sulfone groups is 1. The summed E-state index contributed by atoms with van der Waals surface area (Å²) in [6.07, 6.45) is -1.85. The van der Waals surface area contributed by atoms with Crippen molar-refractivity contribution in [2.75, 3.05) is 0 Å². The number of nitrogens with one attached hydrogen (secondary N) is 1. The van der Waals surface area contributed by atoms with E-state index in [1.807, 2.05) is 0 Å². The Kier molecular flexibility index (Phi) is 4.72. The number of rotatable bonds is 2. The van der Waals surface area contributed by atoms with Gasteiger partial charge in [-0.2, -0.15) is 13.2 Å². The van der Waals surface area contributed by atoms with Crippen LogP contribution in [0, 0.1) is 0 Å². The van der Waals surface area contributed by atoms with Crippen LogP contribution < -0.4 is 5.32 Å². The number of alkyl halides is 3. The summed E-state index contributed by atoms with van der Waals surface area (Å²) in [5.41, 5.74) is 0.587. The maximum Gasteiger partial charge on any atom is 0.416 e. The van der Waals surface area contributed by atoms with Crippen molar-refractivity contribution in [3.05, 3.63) is 59.4 Å². The van der Waals surface area contributed by atoms with Crippen molar-refractivity contribution in [1.82, 2.24) is 5.32 Å². The molecule has 2 atom stereocenters. The van der Waals surface area contributed by atoms with E-state index in [-0.39, 0.29) is 28.2 Å². The molecular formula is C20H17ClF3NO3S. The lowest BCUT2D eigenvalue weighted by atomic mass is 9.99. The van der Waals surface area contributed by atoms with Crippen molar-refractivity contribution < 1.29 is 26.0 Å². The topological polar surface area (TPSA) is 59.3 Å². The average molecular weight is 444 g/mol. The van der Waals surface area contributed by atoms with Gasteiger partial charge in [0, 0.05) is 29.5 Å². The van der Waals surface area contributed by atoms with Crippen LogP contribution in [0.15, 0.2) is 56.7 Å². The fourth-order valence-corrected chi connectivity index (χ4v) is 5.59. The van der Waals surface area contributed by atoms with Gasteiger partial charge in [0.1, 0.15) is 11.3 Å². The highest BCUT2D eigenvalue weighted by Gasteiger charge is 2.37. The molecule has 2 aromatic carbocycles. The smallest absolute Gasteiger partial charge is 0.416 e. The van der Waals surface area contributed by atoms with Gasteiger partial charge in [-0.15, -0.1) is 12.4 Å². The molecule has 154 valence electrons. The lowest BCUT2D eigenvalue weighted by Crippen LogP contribution is -2.30. The van der Waals surface area contributed by atoms with Crippen LogP contribution in [0.25, 0.3) is 11.0 Å². The zero-order chi connectivity index (χ0) is 19.7. The molecule has 0 spiro atoms. The Morgan fingerprint density at radius 1 is 1.03 bits per heavy atom. The molecule has 2 aliphatic rings. The molecule has 1 saturated heterocycles. The molecule has 4 nitrogen and oxygen atoms in total. The van der Waals surface area contributed by atoms with Crippen LogP contribution in [0.2, 0.25) is 0 Å². The molecule has 1 aromatic heterocycles. The number of furan rings is 1. The predicted octanol–water partition coefficient (Wildman–Crippen LogP) is 5.06. The minimum atomic E-state index is -4.61. The van der Waals surface area contributed by atoms with Gasteiger partial charge in [0.05, 0.1) is 15.4 Å². The summed E-state index contributed by atoms with van der Waals surface area (Å²) in [7, 11) is -4.09. The molecule has 0 radical (unpaired) electrons. The van der Waals surface area contributed by atoms with Crippen LogP contribution in [0.4, 0.5) is 13.2 Å². The first kappa shape index (κ1) is 20.3. The van der Waals surface area contributed by atoms with Crippen LogP contribution in [0.5, 0.6) is 0 Å². The van der Waals surface area contributed by atoms with E-state index in [0.29, 0.717) is 23.1 Å². The van der Waals surface area contributed by atoms with Crippen molar-refractivity contribution in [1.29, 1.82) is 0 Å². The molecular weight excluding hydrogens is 427 g/mol. The van der Waals surface area contributed by atoms with E-state index in [9.17, 15) is 21.6 Å². The molecule has 1 fully saturated rings. The van der Waals surface area contributed by atoms with E-state index in [4.69, 9.17) is 4.42 Å². The highest BCUT2D eigenvalue weighted by atomic mass is 35.5. The molecule has 3 aromatic rings. The van der Waals surface area contributed by atoms with Crippen LogP contribution in [-0.4, -0.2) is 14.5 Å². The summed E-state index contributed by atoms with van der Waals surface area (Å²) in [4.78, 5) is -0.416. The third kappa shape index (κ3) is 3.23. The van der Waals surface area contributed by atoms with Crippen molar-refractivity contribution in [3.63, 3.8) is 0 Å². The minimum absolute atomic E-state index is 0. The Morgan fingerprint density at radius 3 is 2.55 bits per heavy atom. The predicted molar refractivity (Wildman–Crippen MR) is 103 cm³/mol. The van der Waals surface area contributed by atoms with Crippen molar-refractivity contribution >= 4 is 33.2 Å². The van der Waals surface area contributed by atoms with E-state index < -0.39 is 21.6 Å². The molecule has 1 N–H and O–H groups in total. The number of hydrogen-bond donors (Lipinski definition) is 1. The van der Waals surface area contributed by atoms with Crippen molar-refractivity contribution in [2.45, 2.75) is 47.3 Å². The molecule has 0 saturated carbocycles. The Balaban J connectivity index is 0.00000205. The van der Waals surface area contributed by atoms with Crippen molar-refractivity contribution in [2.24, 2.45) is 0 Å². The van der Waals surface area contributed by atoms with Crippen LogP contribution >= 0.6 is 12.4 Å². The van der Waals surface area contributed by atoms with Gasteiger partial charge >= 0.3 is 6.18 Å². The first-order valence-corrected chi connectivity index (χ1v) is 10.5. The molecule has 29 heavy (non-hydrogen) atoms. The molecule has 2 unspecified atom stereocenters. The highest BCUT2D eigenvalue weighted by molar-refractivity contribution is 7.91. The Labute approximate surface area is 171 Å². The first-order chi connectivity index (χ1) is 13.2. The number of hydrogen-bond acceptors (Lipinski definition) is 4. The summed E-state index contributed by atoms with van der Waals surface area (Å²) in [5.74, 6) is 0.870. The summed E-state index contributed by atoms with van der Waals surface area (Å²) >= 11 is 0. The van der Waals surface area contributed by atoms with Gasteiger partial charge in [-0.3, -0.25) is 0 Å². The molecule has 5 rings (SSSR count). The number of fused-ring (bicyclic) bond motifs is 6. The van der Waals surface area contributed by atoms with Gasteiger partial charge in [-0.25, -0.2) is 8.42 Å². The molecule has 0 amide bonds. The zero-order valence-corrected chi connectivity index (χ0v) is 16.6. The third-order valence-electron chi connectivity index (χ3n) is 5.58. The monoisotopic (exact) mass is 443 g/mol. The van der Waals surface area contributed by atoms with E-state index in [2.05, 4.69) is 5.32 Å². The van der Waals surface area contributed by atoms with E-state index in [1.165, 1.54) is 18.2 Å². The lowest BCUT2D eigenvalue weighted by Gasteiger charge is -2.20. The SMILES string of the molecule is Cl.O=S(=O)(c1cccc(C(F)(F)F)c1)c1ccc2oc3c(c2c1)C1CCC(C3)N1. The number of benzene rings is 2. The minimum Gasteiger partial charge on any atom is -0.461 e. The standard InChI is InChI=1S/C20H16F3NO3S.ClH/c21-20(22,23)11-2-1-3-13(8-11)28(25,26)14-5-7-17-15(10-14)19-16-6-4-12(24-16)9-18(19)27-17;/h1-3,5,7-8,10,12,16,24H,4,6,9H2;1H. The maximum absolute atomic E-state index is 13.0. The van der Waals surface area contributed by atoms with E-state index in [1.54, 1.807) is 6.07 Å². The van der Waals surface area contributed by atoms with Gasteiger partial charge in [0.15, 0.2) is 0 Å². The Morgan fingerprint density at radius 2 is 1.79 bits per heavy atom. The summed E-state index contributed by atoms with van der Waals surface area (Å²) in [6.45, 7) is 0. The number of halogens is 4. The molecule has 9 heteroatoms.